The predicted octanol–water partition coefficient (Wildman–Crippen LogP) is 1.73. The first-order valence-corrected chi connectivity index (χ1v) is 7.65. The van der Waals surface area contributed by atoms with Gasteiger partial charge >= 0.3 is 12.1 Å². The fourth-order valence-electron chi connectivity index (χ4n) is 3.88. The molecule has 3 unspecified atom stereocenters. The molecule has 2 aliphatic rings. The lowest BCUT2D eigenvalue weighted by molar-refractivity contribution is -0.146. The minimum absolute atomic E-state index is 0.282. The van der Waals surface area contributed by atoms with Crippen molar-refractivity contribution < 1.29 is 19.8 Å². The maximum Gasteiger partial charge on any atom is 0.407 e. The average molecular weight is 311 g/mol. The van der Waals surface area contributed by atoms with Crippen molar-refractivity contribution in [1.82, 2.24) is 9.80 Å². The van der Waals surface area contributed by atoms with Crippen LogP contribution in [0.15, 0.2) is 4.99 Å². The highest BCUT2D eigenvalue weighted by molar-refractivity contribution is 5.97. The Morgan fingerprint density at radius 2 is 1.91 bits per heavy atom. The fourth-order valence-corrected chi connectivity index (χ4v) is 3.88. The lowest BCUT2D eigenvalue weighted by atomic mass is 9.73. The third-order valence-electron chi connectivity index (χ3n) is 4.77. The normalized spacial score (nSPS) is 31.8. The van der Waals surface area contributed by atoms with Gasteiger partial charge in [0.25, 0.3) is 0 Å². The molecule has 7 nitrogen and oxygen atoms in total. The SMILES string of the molecule is CCC1(C(=O)O)N=C2C(C)N(C(=O)O)CCN2C1C(C)(C)C. The first kappa shape index (κ1) is 16.6. The molecule has 0 bridgehead atoms. The Bertz CT molecular complexity index is 525. The Morgan fingerprint density at radius 1 is 1.32 bits per heavy atom. The van der Waals surface area contributed by atoms with E-state index in [-0.39, 0.29) is 11.5 Å². The second-order valence-corrected chi connectivity index (χ2v) is 7.17. The van der Waals surface area contributed by atoms with Crippen molar-refractivity contribution in [3.63, 3.8) is 0 Å². The van der Waals surface area contributed by atoms with E-state index in [0.717, 1.165) is 0 Å². The van der Waals surface area contributed by atoms with E-state index in [1.807, 2.05) is 32.6 Å². The van der Waals surface area contributed by atoms with Gasteiger partial charge in [-0.2, -0.15) is 0 Å². The Labute approximate surface area is 130 Å². The monoisotopic (exact) mass is 311 g/mol. The summed E-state index contributed by atoms with van der Waals surface area (Å²) in [6, 6.07) is -0.709. The Morgan fingerprint density at radius 3 is 2.32 bits per heavy atom. The van der Waals surface area contributed by atoms with Gasteiger partial charge in [-0.3, -0.25) is 4.90 Å². The molecule has 0 radical (unpaired) electrons. The summed E-state index contributed by atoms with van der Waals surface area (Å²) in [6.45, 7) is 10.5. The van der Waals surface area contributed by atoms with Crippen LogP contribution in [-0.4, -0.2) is 68.6 Å². The van der Waals surface area contributed by atoms with E-state index in [1.165, 1.54) is 4.90 Å². The number of aliphatic imine (C=N–C) groups is 1. The van der Waals surface area contributed by atoms with Gasteiger partial charge in [-0.05, 0) is 18.8 Å². The van der Waals surface area contributed by atoms with Crippen molar-refractivity contribution in [2.24, 2.45) is 10.4 Å². The first-order chi connectivity index (χ1) is 10.1. The molecule has 0 aromatic carbocycles. The summed E-state index contributed by atoms with van der Waals surface area (Å²) in [5, 5.41) is 19.1. The van der Waals surface area contributed by atoms with Crippen molar-refractivity contribution in [3.05, 3.63) is 0 Å². The van der Waals surface area contributed by atoms with Crippen LogP contribution in [0.1, 0.15) is 41.0 Å². The Balaban J connectivity index is 2.53. The van der Waals surface area contributed by atoms with Crippen LogP contribution in [0.25, 0.3) is 0 Å². The zero-order valence-electron chi connectivity index (χ0n) is 13.8. The summed E-state index contributed by atoms with van der Waals surface area (Å²) in [5.74, 6) is -0.358. The summed E-state index contributed by atoms with van der Waals surface area (Å²) in [5.41, 5.74) is -1.50. The van der Waals surface area contributed by atoms with Crippen molar-refractivity contribution in [2.75, 3.05) is 13.1 Å². The third kappa shape index (κ3) is 2.23. The molecule has 7 heteroatoms. The lowest BCUT2D eigenvalue weighted by Gasteiger charge is -2.46. The molecule has 22 heavy (non-hydrogen) atoms. The van der Waals surface area contributed by atoms with E-state index in [4.69, 9.17) is 0 Å². The molecular weight excluding hydrogens is 286 g/mol. The second kappa shape index (κ2) is 5.14. The molecule has 2 heterocycles. The molecule has 0 saturated carbocycles. The van der Waals surface area contributed by atoms with Crippen LogP contribution < -0.4 is 0 Å². The molecule has 2 rings (SSSR count). The van der Waals surface area contributed by atoms with Crippen LogP contribution in [-0.2, 0) is 4.79 Å². The Kier molecular flexibility index (Phi) is 3.87. The quantitative estimate of drug-likeness (QED) is 0.810. The number of amides is 1. The molecule has 1 amide bonds. The first-order valence-electron chi connectivity index (χ1n) is 7.65. The molecule has 124 valence electrons. The summed E-state index contributed by atoms with van der Waals surface area (Å²) in [7, 11) is 0. The predicted molar refractivity (Wildman–Crippen MR) is 82.2 cm³/mol. The number of rotatable bonds is 2. The van der Waals surface area contributed by atoms with E-state index >= 15 is 0 Å². The van der Waals surface area contributed by atoms with Crippen molar-refractivity contribution in [2.45, 2.75) is 58.7 Å². The zero-order chi connectivity index (χ0) is 16.9. The van der Waals surface area contributed by atoms with Gasteiger partial charge in [-0.15, -0.1) is 0 Å². The van der Waals surface area contributed by atoms with E-state index < -0.39 is 23.6 Å². The molecule has 0 aromatic rings. The van der Waals surface area contributed by atoms with Gasteiger partial charge in [0, 0.05) is 13.1 Å². The molecule has 3 atom stereocenters. The van der Waals surface area contributed by atoms with Gasteiger partial charge in [0.15, 0.2) is 5.54 Å². The summed E-state index contributed by atoms with van der Waals surface area (Å²) >= 11 is 0. The molecule has 1 fully saturated rings. The van der Waals surface area contributed by atoms with E-state index in [0.29, 0.717) is 25.3 Å². The molecule has 0 aliphatic carbocycles. The van der Waals surface area contributed by atoms with Crippen LogP contribution >= 0.6 is 0 Å². The number of aliphatic carboxylic acids is 1. The molecule has 1 saturated heterocycles. The molecule has 2 N–H and O–H groups in total. The maximum absolute atomic E-state index is 12.0. The maximum atomic E-state index is 12.0. The van der Waals surface area contributed by atoms with Gasteiger partial charge < -0.3 is 15.1 Å². The van der Waals surface area contributed by atoms with Gasteiger partial charge in [-0.1, -0.05) is 27.7 Å². The minimum Gasteiger partial charge on any atom is -0.479 e. The largest absolute Gasteiger partial charge is 0.479 e. The molecule has 0 aromatic heterocycles. The third-order valence-corrected chi connectivity index (χ3v) is 4.77. The summed E-state index contributed by atoms with van der Waals surface area (Å²) < 4.78 is 0. The van der Waals surface area contributed by atoms with Crippen LogP contribution in [0, 0.1) is 5.41 Å². The smallest absolute Gasteiger partial charge is 0.407 e. The van der Waals surface area contributed by atoms with Crippen LogP contribution in [0.3, 0.4) is 0 Å². The zero-order valence-corrected chi connectivity index (χ0v) is 13.8. The highest BCUT2D eigenvalue weighted by Crippen LogP contribution is 2.43. The number of fused-ring (bicyclic) bond motifs is 1. The number of piperazine rings is 1. The summed E-state index contributed by atoms with van der Waals surface area (Å²) in [4.78, 5) is 31.2. The summed E-state index contributed by atoms with van der Waals surface area (Å²) in [6.07, 6.45) is -0.615. The van der Waals surface area contributed by atoms with E-state index in [1.54, 1.807) is 6.92 Å². The highest BCUT2D eigenvalue weighted by Gasteiger charge is 2.59. The number of carboxylic acid groups (broad SMARTS) is 2. The Hall–Kier alpha value is -1.79. The van der Waals surface area contributed by atoms with Gasteiger partial charge in [0.1, 0.15) is 5.84 Å². The fraction of sp³-hybridized carbons (Fsp3) is 0.800. The van der Waals surface area contributed by atoms with Gasteiger partial charge in [0.05, 0.1) is 12.1 Å². The number of hydrogen-bond acceptors (Lipinski definition) is 4. The average Bonchev–Trinajstić information content (AvgIpc) is 2.75. The van der Waals surface area contributed by atoms with Crippen molar-refractivity contribution in [3.8, 4) is 0 Å². The molecule has 0 spiro atoms. The molecule has 2 aliphatic heterocycles. The van der Waals surface area contributed by atoms with Gasteiger partial charge in [-0.25, -0.2) is 14.6 Å². The number of amidine groups is 1. The van der Waals surface area contributed by atoms with Crippen molar-refractivity contribution in [1.29, 1.82) is 0 Å². The lowest BCUT2D eigenvalue weighted by Crippen LogP contribution is -2.63. The second-order valence-electron chi connectivity index (χ2n) is 7.17. The number of carboxylic acids is 1. The standard InChI is InChI=1S/C15H25N3O4/c1-6-15(12(19)20)11(14(3,4)5)18-8-7-17(13(21)22)9(2)10(18)16-15/h9,11H,6-8H2,1-5H3,(H,19,20)(H,21,22). The minimum atomic E-state index is -1.21. The van der Waals surface area contributed by atoms with E-state index in [9.17, 15) is 19.8 Å². The number of carbonyl (C=O) groups is 2. The topological polar surface area (TPSA) is 93.4 Å². The van der Waals surface area contributed by atoms with E-state index in [2.05, 4.69) is 4.99 Å². The van der Waals surface area contributed by atoms with Crippen LogP contribution in [0.5, 0.6) is 0 Å². The number of nitrogens with zero attached hydrogens (tertiary/aromatic N) is 3. The number of hydrogen-bond donors (Lipinski definition) is 2. The highest BCUT2D eigenvalue weighted by atomic mass is 16.4. The van der Waals surface area contributed by atoms with Crippen LogP contribution in [0.4, 0.5) is 4.79 Å². The molecular formula is C15H25N3O4. The van der Waals surface area contributed by atoms with Gasteiger partial charge in [0.2, 0.25) is 0 Å². The van der Waals surface area contributed by atoms with Crippen molar-refractivity contribution >= 4 is 17.9 Å². The van der Waals surface area contributed by atoms with Crippen LogP contribution in [0.2, 0.25) is 0 Å².